The number of nitro groups is 1. The number of amides is 2. The molecule has 2 rings (SSSR count). The number of carboxylic acid groups (broad SMARTS) is 1. The molecule has 1 unspecified atom stereocenters. The maximum atomic E-state index is 11.7. The topological polar surface area (TPSA) is 127 Å². The highest BCUT2D eigenvalue weighted by atomic mass is 16.7. The van der Waals surface area contributed by atoms with E-state index in [2.05, 4.69) is 4.74 Å². The fourth-order valence-electron chi connectivity index (χ4n) is 1.98. The van der Waals surface area contributed by atoms with E-state index in [1.54, 1.807) is 0 Å². The molecule has 0 saturated carbocycles. The number of imide groups is 1. The highest BCUT2D eigenvalue weighted by Gasteiger charge is 2.38. The fraction of sp³-hybridized carbons (Fsp3) is 0.250. The van der Waals surface area contributed by atoms with Crippen LogP contribution in [-0.2, 0) is 14.3 Å². The number of rotatable bonds is 4. The van der Waals surface area contributed by atoms with E-state index >= 15 is 0 Å². The zero-order valence-corrected chi connectivity index (χ0v) is 10.6. The van der Waals surface area contributed by atoms with E-state index in [9.17, 15) is 24.5 Å². The molecule has 2 amide bonds. The summed E-state index contributed by atoms with van der Waals surface area (Å²) in [5, 5.41) is 19.3. The summed E-state index contributed by atoms with van der Waals surface area (Å²) in [7, 11) is 0. The summed E-state index contributed by atoms with van der Waals surface area (Å²) in [5.74, 6) is -1.10. The van der Waals surface area contributed by atoms with Gasteiger partial charge in [0.2, 0.25) is 18.0 Å². The van der Waals surface area contributed by atoms with E-state index in [0.717, 1.165) is 17.0 Å². The van der Waals surface area contributed by atoms with E-state index in [4.69, 9.17) is 5.11 Å². The van der Waals surface area contributed by atoms with E-state index in [0.29, 0.717) is 0 Å². The lowest BCUT2D eigenvalue weighted by molar-refractivity contribution is -0.384. The second-order valence-corrected chi connectivity index (χ2v) is 4.24. The first-order valence-corrected chi connectivity index (χ1v) is 5.89. The average molecular weight is 294 g/mol. The quantitative estimate of drug-likeness (QED) is 0.385. The van der Waals surface area contributed by atoms with Gasteiger partial charge in [-0.1, -0.05) is 0 Å². The Bertz CT molecular complexity index is 595. The van der Waals surface area contributed by atoms with Gasteiger partial charge in [-0.15, -0.1) is 0 Å². The van der Waals surface area contributed by atoms with Crippen LogP contribution in [0.5, 0.6) is 0 Å². The van der Waals surface area contributed by atoms with E-state index < -0.39 is 29.1 Å². The van der Waals surface area contributed by atoms with Gasteiger partial charge in [-0.2, -0.15) is 0 Å². The molecular formula is C12H10N2O7. The van der Waals surface area contributed by atoms with Crippen LogP contribution in [0.1, 0.15) is 24.6 Å². The summed E-state index contributed by atoms with van der Waals surface area (Å²) in [6.45, 7) is 0. The molecule has 1 fully saturated rings. The normalized spacial score (nSPS) is 15.9. The van der Waals surface area contributed by atoms with Crippen molar-refractivity contribution in [2.75, 3.05) is 0 Å². The molecule has 0 aliphatic carbocycles. The molecule has 1 aromatic rings. The van der Waals surface area contributed by atoms with Crippen LogP contribution in [0.25, 0.3) is 0 Å². The Morgan fingerprint density at radius 2 is 1.76 bits per heavy atom. The van der Waals surface area contributed by atoms with Crippen LogP contribution in [-0.4, -0.2) is 32.9 Å². The number of ether oxygens (including phenoxy) is 1. The summed E-state index contributed by atoms with van der Waals surface area (Å²) >= 11 is 0. The third-order valence-corrected chi connectivity index (χ3v) is 2.93. The molecule has 1 N–H and O–H groups in total. The predicted octanol–water partition coefficient (Wildman–Crippen LogP) is 1.44. The van der Waals surface area contributed by atoms with Gasteiger partial charge in [-0.25, -0.2) is 9.69 Å². The lowest BCUT2D eigenvalue weighted by Gasteiger charge is -2.24. The Hall–Kier alpha value is -2.97. The van der Waals surface area contributed by atoms with Crippen molar-refractivity contribution in [3.8, 4) is 0 Å². The third kappa shape index (κ3) is 2.96. The van der Waals surface area contributed by atoms with Crippen molar-refractivity contribution < 1.29 is 29.2 Å². The van der Waals surface area contributed by atoms with Crippen LogP contribution in [0.3, 0.4) is 0 Å². The Morgan fingerprint density at radius 3 is 2.19 bits per heavy atom. The Morgan fingerprint density at radius 1 is 1.24 bits per heavy atom. The lowest BCUT2D eigenvalue weighted by atomic mass is 10.1. The first-order chi connectivity index (χ1) is 9.90. The molecule has 21 heavy (non-hydrogen) atoms. The van der Waals surface area contributed by atoms with Crippen LogP contribution in [0, 0.1) is 10.1 Å². The SMILES string of the molecule is O=C(O)OC(c1ccc([N+](=O)[O-])cc1)N1C(=O)CCC1=O. The van der Waals surface area contributed by atoms with Crippen molar-refractivity contribution in [1.82, 2.24) is 4.90 Å². The maximum Gasteiger partial charge on any atom is 0.507 e. The minimum Gasteiger partial charge on any atom is -0.450 e. The summed E-state index contributed by atoms with van der Waals surface area (Å²) in [6.07, 6.45) is -3.15. The number of hydrogen-bond acceptors (Lipinski definition) is 6. The van der Waals surface area contributed by atoms with E-state index in [1.807, 2.05) is 0 Å². The molecule has 110 valence electrons. The van der Waals surface area contributed by atoms with Gasteiger partial charge in [0.05, 0.1) is 4.92 Å². The van der Waals surface area contributed by atoms with Gasteiger partial charge in [0, 0.05) is 30.5 Å². The Balaban J connectivity index is 2.35. The molecule has 9 heteroatoms. The predicted molar refractivity (Wildman–Crippen MR) is 66.0 cm³/mol. The minimum atomic E-state index is -1.66. The second kappa shape index (κ2) is 5.57. The minimum absolute atomic E-state index is 0.0225. The monoisotopic (exact) mass is 294 g/mol. The summed E-state index contributed by atoms with van der Waals surface area (Å²) in [4.78, 5) is 44.8. The molecule has 1 aromatic carbocycles. The number of nitrogens with zero attached hydrogens (tertiary/aromatic N) is 2. The van der Waals surface area contributed by atoms with Gasteiger partial charge in [-0.05, 0) is 12.1 Å². The highest BCUT2D eigenvalue weighted by molar-refractivity contribution is 6.02. The highest BCUT2D eigenvalue weighted by Crippen LogP contribution is 2.29. The first-order valence-electron chi connectivity index (χ1n) is 5.89. The first kappa shape index (κ1) is 14.4. The van der Waals surface area contributed by atoms with Crippen molar-refractivity contribution in [2.24, 2.45) is 0 Å². The van der Waals surface area contributed by atoms with E-state index in [-0.39, 0.29) is 24.1 Å². The number of nitro benzene ring substituents is 1. The maximum absolute atomic E-state index is 11.7. The molecule has 1 saturated heterocycles. The second-order valence-electron chi connectivity index (χ2n) is 4.24. The Kier molecular flexibility index (Phi) is 3.83. The van der Waals surface area contributed by atoms with Gasteiger partial charge in [0.1, 0.15) is 0 Å². The van der Waals surface area contributed by atoms with Crippen LogP contribution in [0.15, 0.2) is 24.3 Å². The Labute approximate surface area is 117 Å². The standard InChI is InChI=1S/C12H10N2O7/c15-9-5-6-10(16)13(9)11(21-12(17)18)7-1-3-8(4-2-7)14(19)20/h1-4,11H,5-6H2,(H,17,18). The summed E-state index contributed by atoms with van der Waals surface area (Å²) in [5.41, 5.74) is -0.0431. The molecule has 0 aromatic heterocycles. The number of carbonyl (C=O) groups is 3. The molecule has 0 radical (unpaired) electrons. The zero-order valence-electron chi connectivity index (χ0n) is 10.6. The van der Waals surface area contributed by atoms with Crippen molar-refractivity contribution in [2.45, 2.75) is 19.1 Å². The van der Waals surface area contributed by atoms with Crippen molar-refractivity contribution in [3.05, 3.63) is 39.9 Å². The van der Waals surface area contributed by atoms with E-state index in [1.165, 1.54) is 12.1 Å². The van der Waals surface area contributed by atoms with Gasteiger partial charge in [-0.3, -0.25) is 19.7 Å². The lowest BCUT2D eigenvalue weighted by Crippen LogP contribution is -2.36. The molecule has 0 spiro atoms. The van der Waals surface area contributed by atoms with Gasteiger partial charge >= 0.3 is 6.16 Å². The van der Waals surface area contributed by atoms with Crippen molar-refractivity contribution >= 4 is 23.7 Å². The molecule has 9 nitrogen and oxygen atoms in total. The largest absolute Gasteiger partial charge is 0.507 e. The van der Waals surface area contributed by atoms with Crippen molar-refractivity contribution in [1.29, 1.82) is 0 Å². The smallest absolute Gasteiger partial charge is 0.450 e. The molecule has 1 atom stereocenters. The fourth-order valence-corrected chi connectivity index (χ4v) is 1.98. The van der Waals surface area contributed by atoms with Crippen LogP contribution in [0.4, 0.5) is 10.5 Å². The van der Waals surface area contributed by atoms with Gasteiger partial charge in [0.25, 0.3) is 5.69 Å². The number of likely N-dealkylation sites (tertiary alicyclic amines) is 1. The van der Waals surface area contributed by atoms with Gasteiger partial charge < -0.3 is 9.84 Å². The number of hydrogen-bond donors (Lipinski definition) is 1. The number of carbonyl (C=O) groups excluding carboxylic acids is 2. The van der Waals surface area contributed by atoms with Gasteiger partial charge in [0.15, 0.2) is 0 Å². The zero-order chi connectivity index (χ0) is 15.6. The summed E-state index contributed by atoms with van der Waals surface area (Å²) in [6, 6.07) is 4.76. The van der Waals surface area contributed by atoms with Crippen molar-refractivity contribution in [3.63, 3.8) is 0 Å². The molecule has 1 aliphatic heterocycles. The molecule has 1 aliphatic rings. The molecule has 1 heterocycles. The van der Waals surface area contributed by atoms with Crippen LogP contribution in [0.2, 0.25) is 0 Å². The number of non-ortho nitro benzene ring substituents is 1. The third-order valence-electron chi connectivity index (χ3n) is 2.93. The molecule has 0 bridgehead atoms. The number of benzene rings is 1. The summed E-state index contributed by atoms with van der Waals surface area (Å²) < 4.78 is 4.59. The average Bonchev–Trinajstić information content (AvgIpc) is 2.76. The van der Waals surface area contributed by atoms with Crippen LogP contribution >= 0.6 is 0 Å². The van der Waals surface area contributed by atoms with Crippen LogP contribution < -0.4 is 0 Å². The molecular weight excluding hydrogens is 284 g/mol.